The largest absolute Gasteiger partial charge is 0.361 e. The second kappa shape index (κ2) is 11.4. The second-order valence-electron chi connectivity index (χ2n) is 7.59. The van der Waals surface area contributed by atoms with E-state index in [0.717, 1.165) is 56.7 Å². The van der Waals surface area contributed by atoms with Crippen molar-refractivity contribution in [1.29, 1.82) is 0 Å². The number of hydrogen-bond donors (Lipinski definition) is 1. The van der Waals surface area contributed by atoms with E-state index >= 15 is 0 Å². The van der Waals surface area contributed by atoms with Crippen LogP contribution in [0.2, 0.25) is 0 Å². The van der Waals surface area contributed by atoms with E-state index in [2.05, 4.69) is 27.2 Å². The van der Waals surface area contributed by atoms with Crippen molar-refractivity contribution in [3.8, 4) is 0 Å². The summed E-state index contributed by atoms with van der Waals surface area (Å²) >= 11 is 0. The van der Waals surface area contributed by atoms with Gasteiger partial charge in [0.1, 0.15) is 5.76 Å². The molecule has 27 heavy (non-hydrogen) atoms. The van der Waals surface area contributed by atoms with Crippen molar-refractivity contribution >= 4 is 40.7 Å². The zero-order valence-corrected chi connectivity index (χ0v) is 20.3. The van der Waals surface area contributed by atoms with Gasteiger partial charge < -0.3 is 14.7 Å². The lowest BCUT2D eigenvalue weighted by Crippen LogP contribution is -2.52. The molecule has 1 aromatic rings. The molecule has 1 N–H and O–H groups in total. The molecule has 0 bridgehead atoms. The molecule has 9 heteroatoms. The zero-order valence-electron chi connectivity index (χ0n) is 17.2. The monoisotopic (exact) mass is 511 g/mol. The van der Waals surface area contributed by atoms with Gasteiger partial charge in [-0.2, -0.15) is 0 Å². The predicted octanol–water partition coefficient (Wildman–Crippen LogP) is 2.23. The highest BCUT2D eigenvalue weighted by molar-refractivity contribution is 14.0. The van der Waals surface area contributed by atoms with E-state index in [0.29, 0.717) is 12.3 Å². The number of nitrogens with zero attached hydrogens (tertiary/aromatic N) is 4. The molecule has 1 unspecified atom stereocenters. The van der Waals surface area contributed by atoms with Gasteiger partial charge in [-0.1, -0.05) is 5.16 Å². The molecule has 2 rings (SSSR count). The van der Waals surface area contributed by atoms with Crippen LogP contribution in [0.5, 0.6) is 0 Å². The number of piperazine rings is 1. The molecule has 0 aliphatic carbocycles. The number of aliphatic imine (C=N–C) groups is 1. The van der Waals surface area contributed by atoms with Crippen molar-refractivity contribution in [3.63, 3.8) is 0 Å². The lowest BCUT2D eigenvalue weighted by molar-refractivity contribution is 0.169. The molecular weight excluding hydrogens is 477 g/mol. The molecule has 0 aromatic carbocycles. The Morgan fingerprint density at radius 3 is 2.52 bits per heavy atom. The first-order valence-corrected chi connectivity index (χ1v) is 10.7. The number of aryl methyl sites for hydroxylation is 1. The molecule has 156 valence electrons. The summed E-state index contributed by atoms with van der Waals surface area (Å²) in [6.45, 7) is 16.0. The van der Waals surface area contributed by atoms with Gasteiger partial charge in [0.25, 0.3) is 0 Å². The second-order valence-corrected chi connectivity index (χ2v) is 9.91. The Labute approximate surface area is 182 Å². The normalized spacial score (nSPS) is 17.5. The number of rotatable bonds is 6. The maximum atomic E-state index is 12.2. The van der Waals surface area contributed by atoms with Gasteiger partial charge in [0.15, 0.2) is 5.96 Å². The standard InChI is InChI=1S/C18H33N5O2S.HI/c1-6-19-17(20-7-12-26(24)18(3,4)5)23-10-8-22(9-11-23)14-16-13-15(2)25-21-16;/h13H,6-12,14H2,1-5H3,(H,19,20);1H. The highest BCUT2D eigenvalue weighted by Gasteiger charge is 2.21. The molecule has 0 spiro atoms. The Hall–Kier alpha value is -0.680. The van der Waals surface area contributed by atoms with Crippen LogP contribution in [0.3, 0.4) is 0 Å². The zero-order chi connectivity index (χ0) is 19.2. The first-order chi connectivity index (χ1) is 12.3. The van der Waals surface area contributed by atoms with E-state index in [1.54, 1.807) is 0 Å². The first-order valence-electron chi connectivity index (χ1n) is 9.36. The first kappa shape index (κ1) is 24.4. The molecule has 1 aliphatic heterocycles. The maximum absolute atomic E-state index is 12.2. The van der Waals surface area contributed by atoms with Crippen LogP contribution in [-0.2, 0) is 17.3 Å². The van der Waals surface area contributed by atoms with Crippen molar-refractivity contribution in [2.75, 3.05) is 45.0 Å². The van der Waals surface area contributed by atoms with E-state index in [-0.39, 0.29) is 28.7 Å². The maximum Gasteiger partial charge on any atom is 0.194 e. The van der Waals surface area contributed by atoms with Crippen molar-refractivity contribution in [2.45, 2.75) is 45.9 Å². The molecule has 1 aliphatic rings. The van der Waals surface area contributed by atoms with E-state index in [4.69, 9.17) is 9.52 Å². The molecule has 0 radical (unpaired) electrons. The fourth-order valence-electron chi connectivity index (χ4n) is 2.81. The van der Waals surface area contributed by atoms with Crippen LogP contribution in [0, 0.1) is 6.92 Å². The summed E-state index contributed by atoms with van der Waals surface area (Å²) in [7, 11) is -0.866. The van der Waals surface area contributed by atoms with Crippen LogP contribution in [0.4, 0.5) is 0 Å². The van der Waals surface area contributed by atoms with Crippen LogP contribution in [0.25, 0.3) is 0 Å². The number of aromatic nitrogens is 1. The third kappa shape index (κ3) is 8.06. The SMILES string of the molecule is CCNC(=NCCS(=O)C(C)(C)C)N1CCN(Cc2cc(C)on2)CC1.I. The fraction of sp³-hybridized carbons (Fsp3) is 0.778. The molecule has 0 amide bonds. The third-order valence-electron chi connectivity index (χ3n) is 4.29. The van der Waals surface area contributed by atoms with Crippen molar-refractivity contribution < 1.29 is 8.73 Å². The van der Waals surface area contributed by atoms with Gasteiger partial charge in [-0.25, -0.2) is 0 Å². The van der Waals surface area contributed by atoms with Gasteiger partial charge in [-0.05, 0) is 34.6 Å². The van der Waals surface area contributed by atoms with E-state index in [1.165, 1.54) is 0 Å². The molecule has 1 atom stereocenters. The number of guanidine groups is 1. The Morgan fingerprint density at radius 2 is 2.00 bits per heavy atom. The van der Waals surface area contributed by atoms with E-state index in [9.17, 15) is 4.21 Å². The Kier molecular flexibility index (Phi) is 10.2. The van der Waals surface area contributed by atoms with Crippen molar-refractivity contribution in [2.24, 2.45) is 4.99 Å². The van der Waals surface area contributed by atoms with Crippen molar-refractivity contribution in [3.05, 3.63) is 17.5 Å². The lowest BCUT2D eigenvalue weighted by Gasteiger charge is -2.36. The van der Waals surface area contributed by atoms with Gasteiger partial charge >= 0.3 is 0 Å². The lowest BCUT2D eigenvalue weighted by atomic mass is 10.3. The van der Waals surface area contributed by atoms with Crippen LogP contribution >= 0.6 is 24.0 Å². The van der Waals surface area contributed by atoms with Gasteiger partial charge in [-0.3, -0.25) is 14.1 Å². The molecular formula is C18H34IN5O2S. The van der Waals surface area contributed by atoms with Crippen LogP contribution < -0.4 is 5.32 Å². The minimum Gasteiger partial charge on any atom is -0.361 e. The minimum atomic E-state index is -0.866. The fourth-order valence-corrected chi connectivity index (χ4v) is 3.68. The van der Waals surface area contributed by atoms with Gasteiger partial charge in [0, 0.05) is 66.6 Å². The summed E-state index contributed by atoms with van der Waals surface area (Å²) in [5, 5.41) is 7.44. The van der Waals surface area contributed by atoms with Crippen molar-refractivity contribution in [1.82, 2.24) is 20.3 Å². The Morgan fingerprint density at radius 1 is 1.33 bits per heavy atom. The molecule has 1 aromatic heterocycles. The average Bonchev–Trinajstić information content (AvgIpc) is 2.99. The number of hydrogen-bond acceptors (Lipinski definition) is 5. The molecule has 1 saturated heterocycles. The van der Waals surface area contributed by atoms with Crippen LogP contribution in [0.15, 0.2) is 15.6 Å². The Balaban J connectivity index is 0.00000364. The summed E-state index contributed by atoms with van der Waals surface area (Å²) in [5.74, 6) is 2.38. The van der Waals surface area contributed by atoms with Crippen LogP contribution in [-0.4, -0.2) is 74.9 Å². The summed E-state index contributed by atoms with van der Waals surface area (Å²) in [5.41, 5.74) is 0.987. The van der Waals surface area contributed by atoms with E-state index in [1.807, 2.05) is 33.8 Å². The highest BCUT2D eigenvalue weighted by atomic mass is 127. The molecule has 0 saturated carbocycles. The average molecular weight is 511 g/mol. The van der Waals surface area contributed by atoms with Gasteiger partial charge in [-0.15, -0.1) is 24.0 Å². The number of nitrogens with one attached hydrogen (secondary N) is 1. The summed E-state index contributed by atoms with van der Waals surface area (Å²) < 4.78 is 17.1. The number of halogens is 1. The summed E-state index contributed by atoms with van der Waals surface area (Å²) in [6.07, 6.45) is 0. The minimum absolute atomic E-state index is 0. The Bertz CT molecular complexity index is 622. The van der Waals surface area contributed by atoms with Gasteiger partial charge in [0.05, 0.1) is 12.2 Å². The van der Waals surface area contributed by atoms with E-state index < -0.39 is 10.8 Å². The quantitative estimate of drug-likeness (QED) is 0.359. The van der Waals surface area contributed by atoms with Gasteiger partial charge in [0.2, 0.25) is 0 Å². The third-order valence-corrected chi connectivity index (χ3v) is 6.21. The topological polar surface area (TPSA) is 74.0 Å². The molecule has 2 heterocycles. The molecule has 1 fully saturated rings. The highest BCUT2D eigenvalue weighted by Crippen LogP contribution is 2.12. The molecule has 7 nitrogen and oxygen atoms in total. The predicted molar refractivity (Wildman–Crippen MR) is 122 cm³/mol. The summed E-state index contributed by atoms with van der Waals surface area (Å²) in [6, 6.07) is 1.99. The van der Waals surface area contributed by atoms with Crippen LogP contribution in [0.1, 0.15) is 39.1 Å². The smallest absolute Gasteiger partial charge is 0.194 e. The summed E-state index contributed by atoms with van der Waals surface area (Å²) in [4.78, 5) is 9.36.